The van der Waals surface area contributed by atoms with Crippen molar-refractivity contribution in [3.05, 3.63) is 53.2 Å². The van der Waals surface area contributed by atoms with Crippen molar-refractivity contribution in [3.63, 3.8) is 0 Å². The summed E-state index contributed by atoms with van der Waals surface area (Å²) in [7, 11) is 0. The van der Waals surface area contributed by atoms with E-state index in [2.05, 4.69) is 10.5 Å². The Hall–Kier alpha value is -2.70. The first-order chi connectivity index (χ1) is 11.0. The van der Waals surface area contributed by atoms with Gasteiger partial charge in [-0.05, 0) is 31.5 Å². The largest absolute Gasteiger partial charge is 0.361 e. The Morgan fingerprint density at radius 1 is 1.30 bits per heavy atom. The minimum Gasteiger partial charge on any atom is -0.361 e. The first kappa shape index (κ1) is 16.7. The molecule has 1 aromatic heterocycles. The van der Waals surface area contributed by atoms with E-state index in [1.807, 2.05) is 0 Å². The van der Waals surface area contributed by atoms with Crippen molar-refractivity contribution in [2.75, 3.05) is 13.1 Å². The zero-order valence-corrected chi connectivity index (χ0v) is 13.0. The van der Waals surface area contributed by atoms with Gasteiger partial charge >= 0.3 is 0 Å². The zero-order valence-electron chi connectivity index (χ0n) is 13.0. The van der Waals surface area contributed by atoms with Gasteiger partial charge in [-0.1, -0.05) is 17.3 Å². The molecule has 0 aliphatic rings. The second-order valence-electron chi connectivity index (χ2n) is 5.05. The van der Waals surface area contributed by atoms with Crippen molar-refractivity contribution < 1.29 is 18.5 Å². The number of nitrogens with zero attached hydrogens (tertiary/aromatic N) is 2. The number of nitrogens with one attached hydrogen (secondary N) is 1. The summed E-state index contributed by atoms with van der Waals surface area (Å²) in [5.41, 5.74) is 0.955. The van der Waals surface area contributed by atoms with Crippen LogP contribution < -0.4 is 5.32 Å². The van der Waals surface area contributed by atoms with Crippen LogP contribution in [-0.4, -0.2) is 35.0 Å². The van der Waals surface area contributed by atoms with E-state index in [4.69, 9.17) is 4.52 Å². The average Bonchev–Trinajstić information content (AvgIpc) is 2.98. The number of likely N-dealkylation sites (N-methyl/N-ethyl adjacent to an activating group) is 1. The Bertz CT molecular complexity index is 682. The molecule has 2 aromatic rings. The maximum Gasteiger partial charge on any atom is 0.276 e. The maximum absolute atomic E-state index is 12.8. The minimum atomic E-state index is -0.360. The van der Waals surface area contributed by atoms with Crippen molar-refractivity contribution in [2.24, 2.45) is 0 Å². The summed E-state index contributed by atoms with van der Waals surface area (Å²) in [6.07, 6.45) is 0. The van der Waals surface area contributed by atoms with Crippen LogP contribution in [0.15, 0.2) is 34.9 Å². The van der Waals surface area contributed by atoms with Gasteiger partial charge in [0.15, 0.2) is 5.69 Å². The van der Waals surface area contributed by atoms with Gasteiger partial charge in [0.05, 0.1) is 6.54 Å². The van der Waals surface area contributed by atoms with Crippen molar-refractivity contribution in [3.8, 4) is 0 Å². The Kier molecular flexibility index (Phi) is 5.46. The van der Waals surface area contributed by atoms with Crippen molar-refractivity contribution in [1.29, 1.82) is 0 Å². The van der Waals surface area contributed by atoms with Crippen LogP contribution in [0.25, 0.3) is 0 Å². The van der Waals surface area contributed by atoms with Gasteiger partial charge in [-0.3, -0.25) is 9.59 Å². The van der Waals surface area contributed by atoms with Crippen LogP contribution in [0.2, 0.25) is 0 Å². The standard InChI is InChI=1S/C16H18FN3O3/c1-3-20(16(22)14-8-11(2)23-19-14)10-15(21)18-9-12-4-6-13(17)7-5-12/h4-8H,3,9-10H2,1-2H3,(H,18,21). The molecule has 2 amide bonds. The topological polar surface area (TPSA) is 75.4 Å². The molecule has 0 spiro atoms. The second-order valence-corrected chi connectivity index (χ2v) is 5.05. The number of hydrogen-bond donors (Lipinski definition) is 1. The maximum atomic E-state index is 12.8. The van der Waals surface area contributed by atoms with Gasteiger partial charge in [0.25, 0.3) is 5.91 Å². The summed E-state index contributed by atoms with van der Waals surface area (Å²) >= 11 is 0. The molecule has 122 valence electrons. The predicted molar refractivity (Wildman–Crippen MR) is 81.1 cm³/mol. The SMILES string of the molecule is CCN(CC(=O)NCc1ccc(F)cc1)C(=O)c1cc(C)on1. The summed E-state index contributed by atoms with van der Waals surface area (Å²) in [6.45, 7) is 4.03. The molecule has 0 aliphatic carbocycles. The van der Waals surface area contributed by atoms with Gasteiger partial charge in [0.2, 0.25) is 5.91 Å². The number of amides is 2. The van der Waals surface area contributed by atoms with Crippen LogP contribution in [0.3, 0.4) is 0 Å². The molecule has 0 radical (unpaired) electrons. The number of aromatic nitrogens is 1. The number of aryl methyl sites for hydroxylation is 1. The minimum absolute atomic E-state index is 0.0809. The average molecular weight is 319 g/mol. The Balaban J connectivity index is 1.89. The zero-order chi connectivity index (χ0) is 16.8. The Morgan fingerprint density at radius 2 is 2.00 bits per heavy atom. The number of rotatable bonds is 6. The molecule has 0 fully saturated rings. The van der Waals surface area contributed by atoms with E-state index in [-0.39, 0.29) is 36.4 Å². The highest BCUT2D eigenvalue weighted by atomic mass is 19.1. The van der Waals surface area contributed by atoms with Crippen LogP contribution in [0.5, 0.6) is 0 Å². The molecule has 0 bridgehead atoms. The number of halogens is 1. The lowest BCUT2D eigenvalue weighted by Crippen LogP contribution is -2.40. The Labute approximate surface area is 133 Å². The smallest absolute Gasteiger partial charge is 0.276 e. The summed E-state index contributed by atoms with van der Waals surface area (Å²) in [6, 6.07) is 7.38. The van der Waals surface area contributed by atoms with Crippen LogP contribution in [0.4, 0.5) is 4.39 Å². The van der Waals surface area contributed by atoms with Crippen LogP contribution >= 0.6 is 0 Å². The summed E-state index contributed by atoms with van der Waals surface area (Å²) in [5, 5.41) is 6.36. The number of hydrogen-bond acceptors (Lipinski definition) is 4. The monoisotopic (exact) mass is 319 g/mol. The van der Waals surface area contributed by atoms with E-state index in [1.54, 1.807) is 26.0 Å². The first-order valence-electron chi connectivity index (χ1n) is 7.23. The van der Waals surface area contributed by atoms with E-state index >= 15 is 0 Å². The fourth-order valence-electron chi connectivity index (χ4n) is 1.99. The number of carbonyl (C=O) groups excluding carboxylic acids is 2. The highest BCUT2D eigenvalue weighted by molar-refractivity contribution is 5.94. The van der Waals surface area contributed by atoms with Crippen LogP contribution in [-0.2, 0) is 11.3 Å². The molecule has 1 heterocycles. The molecule has 23 heavy (non-hydrogen) atoms. The van der Waals surface area contributed by atoms with E-state index in [1.165, 1.54) is 23.1 Å². The number of carbonyl (C=O) groups is 2. The summed E-state index contributed by atoms with van der Waals surface area (Å²) in [4.78, 5) is 25.6. The Morgan fingerprint density at radius 3 is 2.57 bits per heavy atom. The van der Waals surface area contributed by atoms with Crippen molar-refractivity contribution >= 4 is 11.8 Å². The van der Waals surface area contributed by atoms with Gasteiger partial charge in [-0.25, -0.2) is 4.39 Å². The quantitative estimate of drug-likeness (QED) is 0.882. The van der Waals surface area contributed by atoms with Crippen molar-refractivity contribution in [2.45, 2.75) is 20.4 Å². The van der Waals surface area contributed by atoms with Gasteiger partial charge < -0.3 is 14.7 Å². The third-order valence-corrected chi connectivity index (χ3v) is 3.25. The lowest BCUT2D eigenvalue weighted by molar-refractivity contribution is -0.121. The van der Waals surface area contributed by atoms with Gasteiger partial charge in [0, 0.05) is 19.2 Å². The highest BCUT2D eigenvalue weighted by Gasteiger charge is 2.20. The van der Waals surface area contributed by atoms with Gasteiger partial charge in [-0.15, -0.1) is 0 Å². The lowest BCUT2D eigenvalue weighted by Gasteiger charge is -2.19. The lowest BCUT2D eigenvalue weighted by atomic mass is 10.2. The highest BCUT2D eigenvalue weighted by Crippen LogP contribution is 2.06. The molecule has 1 N–H and O–H groups in total. The molecule has 2 rings (SSSR count). The molecule has 1 aromatic carbocycles. The number of benzene rings is 1. The molecule has 0 atom stereocenters. The molecule has 7 heteroatoms. The third-order valence-electron chi connectivity index (χ3n) is 3.25. The second kappa shape index (κ2) is 7.53. The molecule has 0 saturated carbocycles. The van der Waals surface area contributed by atoms with Crippen LogP contribution in [0, 0.1) is 12.7 Å². The molecule has 0 saturated heterocycles. The van der Waals surface area contributed by atoms with E-state index in [0.717, 1.165) is 5.56 Å². The fraction of sp³-hybridized carbons (Fsp3) is 0.312. The predicted octanol–water partition coefficient (Wildman–Crippen LogP) is 1.90. The summed E-state index contributed by atoms with van der Waals surface area (Å²) < 4.78 is 17.7. The molecule has 6 nitrogen and oxygen atoms in total. The van der Waals surface area contributed by atoms with E-state index in [9.17, 15) is 14.0 Å². The van der Waals surface area contributed by atoms with Crippen molar-refractivity contribution in [1.82, 2.24) is 15.4 Å². The molecular formula is C16H18FN3O3. The molecule has 0 unspecified atom stereocenters. The fourth-order valence-corrected chi connectivity index (χ4v) is 1.99. The first-order valence-corrected chi connectivity index (χ1v) is 7.23. The molecule has 0 aliphatic heterocycles. The van der Waals surface area contributed by atoms with Gasteiger partial charge in [0.1, 0.15) is 11.6 Å². The van der Waals surface area contributed by atoms with E-state index in [0.29, 0.717) is 12.3 Å². The molecular weight excluding hydrogens is 301 g/mol. The summed E-state index contributed by atoms with van der Waals surface area (Å²) in [5.74, 6) is -0.457. The van der Waals surface area contributed by atoms with Gasteiger partial charge in [-0.2, -0.15) is 0 Å². The third kappa shape index (κ3) is 4.64. The van der Waals surface area contributed by atoms with E-state index < -0.39 is 0 Å². The van der Waals surface area contributed by atoms with Crippen LogP contribution in [0.1, 0.15) is 28.7 Å². The normalized spacial score (nSPS) is 10.4.